The molecule has 0 spiro atoms. The molecular weight excluding hydrogens is 242 g/mol. The molecule has 3 heteroatoms. The topological polar surface area (TPSA) is 33.1 Å². The largest absolute Gasteiger partial charge is 0.388 e. The summed E-state index contributed by atoms with van der Waals surface area (Å²) in [6.07, 6.45) is 2.76. The van der Waals surface area contributed by atoms with Gasteiger partial charge < -0.3 is 5.11 Å². The van der Waals surface area contributed by atoms with Crippen LogP contribution in [0, 0.1) is 6.92 Å². The molecule has 1 aromatic heterocycles. The van der Waals surface area contributed by atoms with Crippen molar-refractivity contribution in [2.75, 3.05) is 0 Å². The Morgan fingerprint density at radius 1 is 1.44 bits per heavy atom. The highest BCUT2D eigenvalue weighted by Gasteiger charge is 2.24. The van der Waals surface area contributed by atoms with Crippen molar-refractivity contribution in [3.05, 3.63) is 51.5 Å². The van der Waals surface area contributed by atoms with Gasteiger partial charge in [-0.3, -0.25) is 0 Å². The van der Waals surface area contributed by atoms with E-state index in [1.807, 2.05) is 18.4 Å². The van der Waals surface area contributed by atoms with Crippen molar-refractivity contribution in [1.29, 1.82) is 0 Å². The Balaban J connectivity index is 1.74. The van der Waals surface area contributed by atoms with E-state index in [1.165, 1.54) is 18.4 Å². The van der Waals surface area contributed by atoms with Crippen molar-refractivity contribution in [2.45, 2.75) is 38.2 Å². The number of hydrogen-bond donors (Lipinski definition) is 1. The minimum atomic E-state index is -0.440. The molecule has 1 unspecified atom stereocenters. The van der Waals surface area contributed by atoms with Gasteiger partial charge in [0, 0.05) is 11.8 Å². The summed E-state index contributed by atoms with van der Waals surface area (Å²) in [5.74, 6) is 0.735. The second-order valence-electron chi connectivity index (χ2n) is 5.02. The van der Waals surface area contributed by atoms with E-state index in [2.05, 4.69) is 23.2 Å². The highest BCUT2D eigenvalue weighted by Crippen LogP contribution is 2.40. The summed E-state index contributed by atoms with van der Waals surface area (Å²) in [7, 11) is 0. The van der Waals surface area contributed by atoms with Crippen LogP contribution >= 0.6 is 11.3 Å². The molecule has 94 valence electrons. The Labute approximate surface area is 111 Å². The summed E-state index contributed by atoms with van der Waals surface area (Å²) in [4.78, 5) is 4.40. The van der Waals surface area contributed by atoms with Crippen LogP contribution in [0.5, 0.6) is 0 Å². The van der Waals surface area contributed by atoms with Crippen LogP contribution in [-0.4, -0.2) is 10.1 Å². The molecule has 0 amide bonds. The van der Waals surface area contributed by atoms with Gasteiger partial charge in [0.25, 0.3) is 0 Å². The van der Waals surface area contributed by atoms with Crippen molar-refractivity contribution in [1.82, 2.24) is 4.98 Å². The first kappa shape index (κ1) is 11.9. The Morgan fingerprint density at radius 2 is 2.28 bits per heavy atom. The van der Waals surface area contributed by atoms with E-state index in [0.29, 0.717) is 6.42 Å². The lowest BCUT2D eigenvalue weighted by atomic mass is 10.0. The van der Waals surface area contributed by atoms with Crippen LogP contribution in [0.25, 0.3) is 0 Å². The highest BCUT2D eigenvalue weighted by molar-refractivity contribution is 7.09. The summed E-state index contributed by atoms with van der Waals surface area (Å²) in [5, 5.41) is 13.4. The fourth-order valence-electron chi connectivity index (χ4n) is 2.25. The molecule has 0 radical (unpaired) electrons. The van der Waals surface area contributed by atoms with E-state index >= 15 is 0 Å². The van der Waals surface area contributed by atoms with Gasteiger partial charge in [-0.15, -0.1) is 11.3 Å². The lowest BCUT2D eigenvalue weighted by Crippen LogP contribution is -2.02. The van der Waals surface area contributed by atoms with Crippen LogP contribution in [0.1, 0.15) is 46.7 Å². The first-order chi connectivity index (χ1) is 8.72. The van der Waals surface area contributed by atoms with Crippen LogP contribution in [-0.2, 0) is 6.42 Å². The number of aromatic nitrogens is 1. The molecule has 0 aliphatic heterocycles. The molecular formula is C15H17NOS. The third kappa shape index (κ3) is 2.62. The van der Waals surface area contributed by atoms with Gasteiger partial charge in [0.2, 0.25) is 0 Å². The smallest absolute Gasteiger partial charge is 0.0897 e. The average Bonchev–Trinajstić information content (AvgIpc) is 3.14. The van der Waals surface area contributed by atoms with E-state index in [9.17, 15) is 5.11 Å². The Morgan fingerprint density at radius 3 is 2.94 bits per heavy atom. The van der Waals surface area contributed by atoms with E-state index < -0.39 is 6.10 Å². The standard InChI is InChI=1S/C15H17NOS/c1-10-16-14(9-18-10)8-15(17)13-4-2-3-12(7-13)11-5-6-11/h2-4,7,9,11,15,17H,5-6,8H2,1H3. The van der Waals surface area contributed by atoms with Gasteiger partial charge in [-0.25, -0.2) is 4.98 Å². The molecule has 0 bridgehead atoms. The second-order valence-corrected chi connectivity index (χ2v) is 6.08. The van der Waals surface area contributed by atoms with Crippen molar-refractivity contribution < 1.29 is 5.11 Å². The van der Waals surface area contributed by atoms with Crippen LogP contribution in [0.4, 0.5) is 0 Å². The van der Waals surface area contributed by atoms with Gasteiger partial charge in [-0.1, -0.05) is 24.3 Å². The first-order valence-corrected chi connectivity index (χ1v) is 7.29. The highest BCUT2D eigenvalue weighted by atomic mass is 32.1. The predicted molar refractivity (Wildman–Crippen MR) is 73.9 cm³/mol. The third-order valence-corrected chi connectivity index (χ3v) is 4.24. The van der Waals surface area contributed by atoms with E-state index in [-0.39, 0.29) is 0 Å². The van der Waals surface area contributed by atoms with Gasteiger partial charge in [-0.05, 0) is 36.8 Å². The van der Waals surface area contributed by atoms with Crippen molar-refractivity contribution in [3.8, 4) is 0 Å². The summed E-state index contributed by atoms with van der Waals surface area (Å²) in [6.45, 7) is 1.99. The Kier molecular flexibility index (Phi) is 3.18. The molecule has 1 aliphatic carbocycles. The van der Waals surface area contributed by atoms with E-state index in [1.54, 1.807) is 11.3 Å². The molecule has 2 nitrogen and oxygen atoms in total. The van der Waals surface area contributed by atoms with Gasteiger partial charge in [0.15, 0.2) is 0 Å². The number of rotatable bonds is 4. The summed E-state index contributed by atoms with van der Waals surface area (Å²) < 4.78 is 0. The maximum atomic E-state index is 10.3. The van der Waals surface area contributed by atoms with Gasteiger partial charge in [0.1, 0.15) is 0 Å². The molecule has 2 aromatic rings. The quantitative estimate of drug-likeness (QED) is 0.910. The molecule has 3 rings (SSSR count). The lowest BCUT2D eigenvalue weighted by Gasteiger charge is -2.11. The molecule has 18 heavy (non-hydrogen) atoms. The minimum absolute atomic E-state index is 0.440. The number of hydrogen-bond acceptors (Lipinski definition) is 3. The molecule has 1 atom stereocenters. The average molecular weight is 259 g/mol. The predicted octanol–water partition coefficient (Wildman–Crippen LogP) is 3.61. The van der Waals surface area contributed by atoms with E-state index in [4.69, 9.17) is 0 Å². The Hall–Kier alpha value is -1.19. The number of benzene rings is 1. The summed E-state index contributed by atoms with van der Waals surface area (Å²) in [5.41, 5.74) is 3.38. The molecule has 1 heterocycles. The Bertz CT molecular complexity index is 545. The SMILES string of the molecule is Cc1nc(CC(O)c2cccc(C3CC3)c2)cs1. The van der Waals surface area contributed by atoms with Gasteiger partial charge >= 0.3 is 0 Å². The zero-order chi connectivity index (χ0) is 12.5. The van der Waals surface area contributed by atoms with Crippen molar-refractivity contribution >= 4 is 11.3 Å². The summed E-state index contributed by atoms with van der Waals surface area (Å²) >= 11 is 1.64. The molecule has 1 aliphatic rings. The van der Waals surface area contributed by atoms with Crippen LogP contribution < -0.4 is 0 Å². The molecule has 1 N–H and O–H groups in total. The second kappa shape index (κ2) is 4.82. The molecule has 1 saturated carbocycles. The van der Waals surface area contributed by atoms with Crippen LogP contribution in [0.3, 0.4) is 0 Å². The number of aryl methyl sites for hydroxylation is 1. The zero-order valence-electron chi connectivity index (χ0n) is 10.5. The number of thiazole rings is 1. The van der Waals surface area contributed by atoms with E-state index in [0.717, 1.165) is 22.2 Å². The monoisotopic (exact) mass is 259 g/mol. The van der Waals surface area contributed by atoms with Crippen molar-refractivity contribution in [3.63, 3.8) is 0 Å². The van der Waals surface area contributed by atoms with Crippen LogP contribution in [0.2, 0.25) is 0 Å². The zero-order valence-corrected chi connectivity index (χ0v) is 11.3. The maximum Gasteiger partial charge on any atom is 0.0897 e. The molecule has 0 saturated heterocycles. The number of nitrogens with zero attached hydrogens (tertiary/aromatic N) is 1. The fraction of sp³-hybridized carbons (Fsp3) is 0.400. The summed E-state index contributed by atoms with van der Waals surface area (Å²) in [6, 6.07) is 8.39. The minimum Gasteiger partial charge on any atom is -0.388 e. The van der Waals surface area contributed by atoms with Gasteiger partial charge in [-0.2, -0.15) is 0 Å². The lowest BCUT2D eigenvalue weighted by molar-refractivity contribution is 0.177. The van der Waals surface area contributed by atoms with Crippen molar-refractivity contribution in [2.24, 2.45) is 0 Å². The van der Waals surface area contributed by atoms with Crippen LogP contribution in [0.15, 0.2) is 29.6 Å². The number of aliphatic hydroxyl groups excluding tert-OH is 1. The number of aliphatic hydroxyl groups is 1. The normalized spacial score (nSPS) is 16.8. The third-order valence-electron chi connectivity index (χ3n) is 3.41. The van der Waals surface area contributed by atoms with Gasteiger partial charge in [0.05, 0.1) is 16.8 Å². The maximum absolute atomic E-state index is 10.3. The first-order valence-electron chi connectivity index (χ1n) is 6.41. The fourth-order valence-corrected chi connectivity index (χ4v) is 2.88. The molecule has 1 fully saturated rings. The molecule has 1 aromatic carbocycles.